The van der Waals surface area contributed by atoms with Crippen LogP contribution in [0.25, 0.3) is 0 Å². The molecule has 17 heavy (non-hydrogen) atoms. The highest BCUT2D eigenvalue weighted by molar-refractivity contribution is 5.90. The summed E-state index contributed by atoms with van der Waals surface area (Å²) in [7, 11) is 0. The molecule has 1 aromatic rings. The molecule has 2 rings (SSSR count). The van der Waals surface area contributed by atoms with Crippen LogP contribution >= 0.6 is 0 Å². The van der Waals surface area contributed by atoms with E-state index >= 15 is 0 Å². The second-order valence-corrected chi connectivity index (χ2v) is 4.74. The van der Waals surface area contributed by atoms with Gasteiger partial charge in [-0.1, -0.05) is 31.4 Å². The maximum Gasteiger partial charge on any atom is 0.224 e. The van der Waals surface area contributed by atoms with Crippen LogP contribution in [0.15, 0.2) is 24.3 Å². The zero-order valence-corrected chi connectivity index (χ0v) is 9.92. The van der Waals surface area contributed by atoms with E-state index in [0.29, 0.717) is 12.3 Å². The van der Waals surface area contributed by atoms with Crippen molar-refractivity contribution in [2.24, 2.45) is 5.92 Å². The van der Waals surface area contributed by atoms with Gasteiger partial charge in [0.2, 0.25) is 5.91 Å². The number of carbonyl (C=O) groups excluding carboxylic acids is 1. The highest BCUT2D eigenvalue weighted by Gasteiger charge is 2.17. The first-order valence-corrected chi connectivity index (χ1v) is 6.30. The van der Waals surface area contributed by atoms with E-state index in [1.54, 1.807) is 18.2 Å². The van der Waals surface area contributed by atoms with Crippen molar-refractivity contribution in [1.82, 2.24) is 0 Å². The summed E-state index contributed by atoms with van der Waals surface area (Å²) < 4.78 is 13.3. The van der Waals surface area contributed by atoms with Crippen LogP contribution in [0.3, 0.4) is 0 Å². The molecule has 3 heteroatoms. The number of hydrogen-bond donors (Lipinski definition) is 1. The Morgan fingerprint density at radius 2 is 1.94 bits per heavy atom. The van der Waals surface area contributed by atoms with E-state index in [4.69, 9.17) is 0 Å². The van der Waals surface area contributed by atoms with Crippen LogP contribution < -0.4 is 5.32 Å². The zero-order chi connectivity index (χ0) is 12.1. The third-order valence-corrected chi connectivity index (χ3v) is 3.35. The lowest BCUT2D eigenvalue weighted by molar-refractivity contribution is -0.117. The second kappa shape index (κ2) is 5.80. The molecule has 0 atom stereocenters. The lowest BCUT2D eigenvalue weighted by Crippen LogP contribution is -2.18. The molecule has 1 N–H and O–H groups in total. The summed E-state index contributed by atoms with van der Waals surface area (Å²) in [5.41, 5.74) is 0.285. The van der Waals surface area contributed by atoms with Crippen molar-refractivity contribution in [3.05, 3.63) is 30.1 Å². The molecule has 92 valence electrons. The number of benzene rings is 1. The third kappa shape index (κ3) is 3.55. The number of nitrogens with one attached hydrogen (secondary N) is 1. The lowest BCUT2D eigenvalue weighted by Gasteiger charge is -2.20. The molecule has 0 bridgehead atoms. The van der Waals surface area contributed by atoms with Gasteiger partial charge in [-0.15, -0.1) is 0 Å². The SMILES string of the molecule is O=C(CC1CCCCC1)Nc1ccccc1F. The van der Waals surface area contributed by atoms with Crippen molar-refractivity contribution in [3.8, 4) is 0 Å². The Kier molecular flexibility index (Phi) is 4.13. The minimum atomic E-state index is -0.371. The molecule has 0 aromatic heterocycles. The normalized spacial score (nSPS) is 16.8. The van der Waals surface area contributed by atoms with Crippen molar-refractivity contribution in [2.45, 2.75) is 38.5 Å². The number of halogens is 1. The van der Waals surface area contributed by atoms with Gasteiger partial charge >= 0.3 is 0 Å². The van der Waals surface area contributed by atoms with E-state index in [-0.39, 0.29) is 17.4 Å². The zero-order valence-electron chi connectivity index (χ0n) is 9.92. The van der Waals surface area contributed by atoms with E-state index in [9.17, 15) is 9.18 Å². The van der Waals surface area contributed by atoms with Gasteiger partial charge in [-0.25, -0.2) is 4.39 Å². The molecule has 1 fully saturated rings. The number of para-hydroxylation sites is 1. The first-order chi connectivity index (χ1) is 8.25. The van der Waals surface area contributed by atoms with Crippen molar-refractivity contribution in [2.75, 3.05) is 5.32 Å². The minimum absolute atomic E-state index is 0.0676. The smallest absolute Gasteiger partial charge is 0.224 e. The summed E-state index contributed by atoms with van der Waals surface area (Å²) in [6.45, 7) is 0. The monoisotopic (exact) mass is 235 g/mol. The first kappa shape index (κ1) is 12.1. The average molecular weight is 235 g/mol. The van der Waals surface area contributed by atoms with Gasteiger partial charge in [0.05, 0.1) is 5.69 Å². The standard InChI is InChI=1S/C14H18FNO/c15-12-8-4-5-9-13(12)16-14(17)10-11-6-2-1-3-7-11/h4-5,8-9,11H,1-3,6-7,10H2,(H,16,17). The Bertz CT molecular complexity index is 386. The molecule has 1 amide bonds. The molecule has 2 nitrogen and oxygen atoms in total. The third-order valence-electron chi connectivity index (χ3n) is 3.35. The van der Waals surface area contributed by atoms with Gasteiger partial charge in [-0.05, 0) is 30.9 Å². The van der Waals surface area contributed by atoms with E-state index in [2.05, 4.69) is 5.32 Å². The summed E-state index contributed by atoms with van der Waals surface area (Å²) in [4.78, 5) is 11.8. The molecule has 0 aliphatic heterocycles. The van der Waals surface area contributed by atoms with Crippen LogP contribution in [0.5, 0.6) is 0 Å². The summed E-state index contributed by atoms with van der Waals surface area (Å²) in [5.74, 6) is 0.0435. The number of anilines is 1. The molecule has 0 saturated heterocycles. The van der Waals surface area contributed by atoms with Crippen LogP contribution in [0.2, 0.25) is 0 Å². The fraction of sp³-hybridized carbons (Fsp3) is 0.500. The Morgan fingerprint density at radius 1 is 1.24 bits per heavy atom. The average Bonchev–Trinajstić information content (AvgIpc) is 2.33. The highest BCUT2D eigenvalue weighted by Crippen LogP contribution is 2.26. The number of amides is 1. The number of carbonyl (C=O) groups is 1. The lowest BCUT2D eigenvalue weighted by atomic mass is 9.87. The molecular weight excluding hydrogens is 217 g/mol. The topological polar surface area (TPSA) is 29.1 Å². The molecule has 0 radical (unpaired) electrons. The molecule has 0 heterocycles. The quantitative estimate of drug-likeness (QED) is 0.849. The predicted octanol–water partition coefficient (Wildman–Crippen LogP) is 3.73. The summed E-state index contributed by atoms with van der Waals surface area (Å²) in [6.07, 6.45) is 6.50. The summed E-state index contributed by atoms with van der Waals surface area (Å²) >= 11 is 0. The minimum Gasteiger partial charge on any atom is -0.324 e. The van der Waals surface area contributed by atoms with E-state index in [1.807, 2.05) is 0 Å². The Hall–Kier alpha value is -1.38. The maximum absolute atomic E-state index is 13.3. The fourth-order valence-corrected chi connectivity index (χ4v) is 2.42. The van der Waals surface area contributed by atoms with Crippen LogP contribution in [0, 0.1) is 11.7 Å². The van der Waals surface area contributed by atoms with Crippen molar-refractivity contribution >= 4 is 11.6 Å². The number of hydrogen-bond acceptors (Lipinski definition) is 1. The van der Waals surface area contributed by atoms with E-state index in [1.165, 1.54) is 25.3 Å². The van der Waals surface area contributed by atoms with Gasteiger partial charge in [-0.3, -0.25) is 4.79 Å². The van der Waals surface area contributed by atoms with Crippen LogP contribution in [-0.4, -0.2) is 5.91 Å². The second-order valence-electron chi connectivity index (χ2n) is 4.74. The van der Waals surface area contributed by atoms with Crippen LogP contribution in [-0.2, 0) is 4.79 Å². The predicted molar refractivity (Wildman–Crippen MR) is 66.2 cm³/mol. The van der Waals surface area contributed by atoms with Gasteiger partial charge < -0.3 is 5.32 Å². The Balaban J connectivity index is 1.86. The Labute approximate surface area is 101 Å². The molecule has 1 aromatic carbocycles. The van der Waals surface area contributed by atoms with Crippen molar-refractivity contribution in [3.63, 3.8) is 0 Å². The van der Waals surface area contributed by atoms with Crippen LogP contribution in [0.1, 0.15) is 38.5 Å². The molecule has 1 saturated carbocycles. The fourth-order valence-electron chi connectivity index (χ4n) is 2.42. The number of rotatable bonds is 3. The highest BCUT2D eigenvalue weighted by atomic mass is 19.1. The van der Waals surface area contributed by atoms with Crippen LogP contribution in [0.4, 0.5) is 10.1 Å². The molecule has 1 aliphatic carbocycles. The molecule has 0 unspecified atom stereocenters. The first-order valence-electron chi connectivity index (χ1n) is 6.30. The molecular formula is C14H18FNO. The van der Waals surface area contributed by atoms with Gasteiger partial charge in [0, 0.05) is 6.42 Å². The van der Waals surface area contributed by atoms with Gasteiger partial charge in [-0.2, -0.15) is 0 Å². The van der Waals surface area contributed by atoms with Crippen molar-refractivity contribution in [1.29, 1.82) is 0 Å². The van der Waals surface area contributed by atoms with Gasteiger partial charge in [0.1, 0.15) is 5.82 Å². The van der Waals surface area contributed by atoms with Gasteiger partial charge in [0.15, 0.2) is 0 Å². The Morgan fingerprint density at radius 3 is 2.65 bits per heavy atom. The van der Waals surface area contributed by atoms with Crippen molar-refractivity contribution < 1.29 is 9.18 Å². The van der Waals surface area contributed by atoms with E-state index in [0.717, 1.165) is 12.8 Å². The summed E-state index contributed by atoms with van der Waals surface area (Å²) in [5, 5.41) is 2.64. The largest absolute Gasteiger partial charge is 0.324 e. The maximum atomic E-state index is 13.3. The van der Waals surface area contributed by atoms with E-state index < -0.39 is 0 Å². The summed E-state index contributed by atoms with van der Waals surface area (Å²) in [6, 6.07) is 6.29. The van der Waals surface area contributed by atoms with Gasteiger partial charge in [0.25, 0.3) is 0 Å². The molecule has 0 spiro atoms. The molecule has 1 aliphatic rings.